The maximum atomic E-state index is 12.5. The molecule has 1 spiro atoms. The lowest BCUT2D eigenvalue weighted by atomic mass is 10.2. The molecule has 1 amide bonds. The highest BCUT2D eigenvalue weighted by molar-refractivity contribution is 7.90. The monoisotopic (exact) mass is 323 g/mol. The fraction of sp³-hybridized carbons (Fsp3) is 0.600. The number of hydrogen-bond acceptors (Lipinski definition) is 4. The Balaban J connectivity index is 1.69. The van der Waals surface area contributed by atoms with Crippen molar-refractivity contribution in [3.8, 4) is 0 Å². The SMILES string of the molecule is CCc1cnccc1NC(=O)CN1CCCC2(CC2)S1(=O)=O. The van der Waals surface area contributed by atoms with Crippen LogP contribution in [0.25, 0.3) is 0 Å². The standard InChI is InChI=1S/C15H21N3O3S/c1-2-12-10-16-8-4-13(12)17-14(19)11-18-9-3-5-15(6-7-15)22(18,20)21/h4,8,10H,2-3,5-7,9,11H2,1H3,(H,16,17,19). The van der Waals surface area contributed by atoms with Crippen LogP contribution in [-0.2, 0) is 21.2 Å². The summed E-state index contributed by atoms with van der Waals surface area (Å²) in [5, 5.41) is 2.81. The van der Waals surface area contributed by atoms with Crippen molar-refractivity contribution in [1.29, 1.82) is 0 Å². The van der Waals surface area contributed by atoms with Gasteiger partial charge >= 0.3 is 0 Å². The Hall–Kier alpha value is -1.47. The van der Waals surface area contributed by atoms with Gasteiger partial charge in [0.2, 0.25) is 15.9 Å². The number of pyridine rings is 1. The normalized spacial score (nSPS) is 22.4. The summed E-state index contributed by atoms with van der Waals surface area (Å²) in [6.07, 6.45) is 7.13. The third-order valence-electron chi connectivity index (χ3n) is 4.61. The number of carbonyl (C=O) groups excluding carboxylic acids is 1. The lowest BCUT2D eigenvalue weighted by Crippen LogP contribution is -2.48. The van der Waals surface area contributed by atoms with Crippen LogP contribution in [0, 0.1) is 0 Å². The molecule has 3 rings (SSSR count). The number of nitrogens with one attached hydrogen (secondary N) is 1. The topological polar surface area (TPSA) is 79.4 Å². The molecule has 1 aromatic rings. The van der Waals surface area contributed by atoms with Gasteiger partial charge in [0.25, 0.3) is 0 Å². The van der Waals surface area contributed by atoms with Crippen LogP contribution in [0.4, 0.5) is 5.69 Å². The highest BCUT2D eigenvalue weighted by atomic mass is 32.2. The third kappa shape index (κ3) is 2.63. The number of carbonyl (C=O) groups is 1. The Kier molecular flexibility index (Phi) is 3.94. The molecule has 1 aliphatic carbocycles. The molecule has 1 saturated heterocycles. The van der Waals surface area contributed by atoms with E-state index in [1.165, 1.54) is 4.31 Å². The fourth-order valence-corrected chi connectivity index (χ4v) is 5.32. The van der Waals surface area contributed by atoms with Crippen LogP contribution in [-0.4, -0.2) is 41.5 Å². The number of hydrogen-bond donors (Lipinski definition) is 1. The summed E-state index contributed by atoms with van der Waals surface area (Å²) in [6, 6.07) is 1.74. The number of aromatic nitrogens is 1. The first-order chi connectivity index (χ1) is 10.5. The molecule has 0 aromatic carbocycles. The van der Waals surface area contributed by atoms with Gasteiger partial charge in [-0.2, -0.15) is 4.31 Å². The quantitative estimate of drug-likeness (QED) is 0.911. The number of aryl methyl sites for hydroxylation is 1. The summed E-state index contributed by atoms with van der Waals surface area (Å²) in [7, 11) is -3.33. The molecule has 0 atom stereocenters. The summed E-state index contributed by atoms with van der Waals surface area (Å²) in [4.78, 5) is 16.3. The van der Waals surface area contributed by atoms with Crippen molar-refractivity contribution in [3.63, 3.8) is 0 Å². The van der Waals surface area contributed by atoms with Crippen LogP contribution in [0.2, 0.25) is 0 Å². The maximum Gasteiger partial charge on any atom is 0.239 e. The third-order valence-corrected chi connectivity index (χ3v) is 7.31. The van der Waals surface area contributed by atoms with Gasteiger partial charge < -0.3 is 5.32 Å². The summed E-state index contributed by atoms with van der Waals surface area (Å²) >= 11 is 0. The molecular formula is C15H21N3O3S. The van der Waals surface area contributed by atoms with Crippen molar-refractivity contribution in [3.05, 3.63) is 24.0 Å². The van der Waals surface area contributed by atoms with E-state index < -0.39 is 14.8 Å². The first-order valence-electron chi connectivity index (χ1n) is 7.71. The zero-order chi connectivity index (χ0) is 15.8. The lowest BCUT2D eigenvalue weighted by Gasteiger charge is -2.32. The molecule has 7 heteroatoms. The summed E-state index contributed by atoms with van der Waals surface area (Å²) < 4.78 is 25.9. The van der Waals surface area contributed by atoms with E-state index in [1.807, 2.05) is 6.92 Å². The lowest BCUT2D eigenvalue weighted by molar-refractivity contribution is -0.116. The maximum absolute atomic E-state index is 12.5. The first-order valence-corrected chi connectivity index (χ1v) is 9.15. The van der Waals surface area contributed by atoms with Crippen LogP contribution in [0.5, 0.6) is 0 Å². The Morgan fingerprint density at radius 3 is 2.86 bits per heavy atom. The van der Waals surface area contributed by atoms with Crippen molar-refractivity contribution < 1.29 is 13.2 Å². The highest BCUT2D eigenvalue weighted by Crippen LogP contribution is 2.50. The van der Waals surface area contributed by atoms with E-state index >= 15 is 0 Å². The minimum absolute atomic E-state index is 0.102. The Morgan fingerprint density at radius 2 is 2.18 bits per heavy atom. The van der Waals surface area contributed by atoms with Gasteiger partial charge in [0.1, 0.15) is 0 Å². The summed E-state index contributed by atoms with van der Waals surface area (Å²) in [6.45, 7) is 2.32. The molecule has 1 N–H and O–H groups in total. The molecule has 0 unspecified atom stereocenters. The van der Waals surface area contributed by atoms with Crippen LogP contribution >= 0.6 is 0 Å². The highest BCUT2D eigenvalue weighted by Gasteiger charge is 2.58. The van der Waals surface area contributed by atoms with E-state index in [0.29, 0.717) is 12.2 Å². The number of nitrogens with zero attached hydrogens (tertiary/aromatic N) is 2. The molecular weight excluding hydrogens is 302 g/mol. The Labute approximate surface area is 131 Å². The average molecular weight is 323 g/mol. The van der Waals surface area contributed by atoms with Gasteiger partial charge in [-0.25, -0.2) is 8.42 Å². The van der Waals surface area contributed by atoms with Crippen molar-refractivity contribution in [1.82, 2.24) is 9.29 Å². The van der Waals surface area contributed by atoms with Gasteiger partial charge in [-0.1, -0.05) is 6.92 Å². The van der Waals surface area contributed by atoms with E-state index in [4.69, 9.17) is 0 Å². The second-order valence-electron chi connectivity index (χ2n) is 6.06. The van der Waals surface area contributed by atoms with Crippen LogP contribution < -0.4 is 5.32 Å². The van der Waals surface area contributed by atoms with Crippen molar-refractivity contribution in [2.24, 2.45) is 0 Å². The van der Waals surface area contributed by atoms with Gasteiger partial charge in [0.15, 0.2) is 0 Å². The molecule has 1 aliphatic heterocycles. The first kappa shape index (κ1) is 15.4. The summed E-state index contributed by atoms with van der Waals surface area (Å²) in [5.41, 5.74) is 1.65. The smallest absolute Gasteiger partial charge is 0.239 e. The Morgan fingerprint density at radius 1 is 1.41 bits per heavy atom. The van der Waals surface area contributed by atoms with E-state index in [2.05, 4.69) is 10.3 Å². The molecule has 22 heavy (non-hydrogen) atoms. The zero-order valence-electron chi connectivity index (χ0n) is 12.7. The van der Waals surface area contributed by atoms with E-state index in [0.717, 1.165) is 37.7 Å². The minimum atomic E-state index is -3.33. The van der Waals surface area contributed by atoms with Crippen molar-refractivity contribution in [2.75, 3.05) is 18.4 Å². The largest absolute Gasteiger partial charge is 0.325 e. The van der Waals surface area contributed by atoms with Crippen LogP contribution in [0.3, 0.4) is 0 Å². The molecule has 6 nitrogen and oxygen atoms in total. The second kappa shape index (κ2) is 5.62. The zero-order valence-corrected chi connectivity index (χ0v) is 13.5. The molecule has 0 bridgehead atoms. The van der Waals surface area contributed by atoms with Gasteiger partial charge in [-0.3, -0.25) is 9.78 Å². The fourth-order valence-electron chi connectivity index (χ4n) is 3.09. The molecule has 120 valence electrons. The molecule has 2 fully saturated rings. The predicted molar refractivity (Wildman–Crippen MR) is 83.9 cm³/mol. The predicted octanol–water partition coefficient (Wildman–Crippen LogP) is 1.54. The molecule has 1 aromatic heterocycles. The van der Waals surface area contributed by atoms with Gasteiger partial charge in [-0.05, 0) is 43.7 Å². The number of rotatable bonds is 4. The van der Waals surface area contributed by atoms with E-state index in [-0.39, 0.29) is 12.5 Å². The second-order valence-corrected chi connectivity index (χ2v) is 8.39. The Bertz CT molecular complexity index is 683. The van der Waals surface area contributed by atoms with Crippen molar-refractivity contribution >= 4 is 21.6 Å². The van der Waals surface area contributed by atoms with Crippen LogP contribution in [0.15, 0.2) is 18.5 Å². The average Bonchev–Trinajstić information content (AvgIpc) is 3.27. The van der Waals surface area contributed by atoms with Crippen LogP contribution in [0.1, 0.15) is 38.2 Å². The van der Waals surface area contributed by atoms with Gasteiger partial charge in [0, 0.05) is 24.6 Å². The van der Waals surface area contributed by atoms with Gasteiger partial charge in [-0.15, -0.1) is 0 Å². The van der Waals surface area contributed by atoms with Gasteiger partial charge in [0.05, 0.1) is 11.3 Å². The minimum Gasteiger partial charge on any atom is -0.325 e. The van der Waals surface area contributed by atoms with Crippen molar-refractivity contribution in [2.45, 2.75) is 43.8 Å². The number of amides is 1. The number of anilines is 1. The van der Waals surface area contributed by atoms with E-state index in [1.54, 1.807) is 18.5 Å². The summed E-state index contributed by atoms with van der Waals surface area (Å²) in [5.74, 6) is -0.290. The molecule has 1 saturated carbocycles. The number of sulfonamides is 1. The van der Waals surface area contributed by atoms with E-state index in [9.17, 15) is 13.2 Å². The molecule has 2 heterocycles. The molecule has 2 aliphatic rings. The molecule has 0 radical (unpaired) electrons.